The van der Waals surface area contributed by atoms with Gasteiger partial charge in [-0.05, 0) is 18.6 Å². The van der Waals surface area contributed by atoms with E-state index in [-0.39, 0.29) is 15.5 Å². The maximum atomic E-state index is 12.5. The van der Waals surface area contributed by atoms with E-state index < -0.39 is 15.9 Å². The zero-order valence-electron chi connectivity index (χ0n) is 11.2. The molecule has 0 saturated heterocycles. The maximum absolute atomic E-state index is 12.5. The second-order valence-electron chi connectivity index (χ2n) is 4.20. The molecule has 0 aliphatic rings. The first-order chi connectivity index (χ1) is 9.32. The molecule has 5 nitrogen and oxygen atoms in total. The molecule has 0 bridgehead atoms. The molecule has 0 saturated carbocycles. The lowest BCUT2D eigenvalue weighted by molar-refractivity contribution is 0.0770. The van der Waals surface area contributed by atoms with Crippen molar-refractivity contribution in [2.45, 2.75) is 18.2 Å². The van der Waals surface area contributed by atoms with Crippen molar-refractivity contribution < 1.29 is 13.2 Å². The highest BCUT2D eigenvalue weighted by Gasteiger charge is 2.25. The summed E-state index contributed by atoms with van der Waals surface area (Å²) in [6, 6.07) is 4.17. The normalized spacial score (nSPS) is 11.2. The molecule has 110 valence electrons. The Balaban J connectivity index is 3.37. The van der Waals surface area contributed by atoms with Crippen molar-refractivity contribution >= 4 is 27.5 Å². The summed E-state index contributed by atoms with van der Waals surface area (Å²) in [6.07, 6.45) is 2.30. The Morgan fingerprint density at radius 1 is 1.50 bits per heavy atom. The van der Waals surface area contributed by atoms with Gasteiger partial charge in [0.05, 0.1) is 15.5 Å². The van der Waals surface area contributed by atoms with Gasteiger partial charge in [0.25, 0.3) is 5.91 Å². The standard InChI is InChI=1S/C13H17ClN2O3S/c1-3-8-16(9-4-2)13(17)12-10(14)6-5-7-11(12)20(15,18)19/h3,5-7H,1,4,8-9H2,2H3,(H2,15,18,19). The molecule has 0 atom stereocenters. The van der Waals surface area contributed by atoms with Crippen LogP contribution >= 0.6 is 11.6 Å². The lowest BCUT2D eigenvalue weighted by Crippen LogP contribution is -2.33. The largest absolute Gasteiger partial charge is 0.335 e. The van der Waals surface area contributed by atoms with E-state index in [1.807, 2.05) is 6.92 Å². The highest BCUT2D eigenvalue weighted by molar-refractivity contribution is 7.89. The first-order valence-electron chi connectivity index (χ1n) is 6.04. The molecule has 2 N–H and O–H groups in total. The molecular formula is C13H17ClN2O3S. The van der Waals surface area contributed by atoms with Gasteiger partial charge in [-0.3, -0.25) is 4.79 Å². The average molecular weight is 317 g/mol. The zero-order valence-corrected chi connectivity index (χ0v) is 12.7. The van der Waals surface area contributed by atoms with Crippen molar-refractivity contribution in [1.29, 1.82) is 0 Å². The Kier molecular flexibility index (Phi) is 5.74. The lowest BCUT2D eigenvalue weighted by atomic mass is 10.2. The van der Waals surface area contributed by atoms with E-state index in [1.165, 1.54) is 23.1 Å². The minimum Gasteiger partial charge on any atom is -0.335 e. The van der Waals surface area contributed by atoms with E-state index in [0.29, 0.717) is 13.1 Å². The number of benzene rings is 1. The molecule has 0 aliphatic heterocycles. The van der Waals surface area contributed by atoms with Gasteiger partial charge in [-0.2, -0.15) is 0 Å². The number of hydrogen-bond acceptors (Lipinski definition) is 3. The lowest BCUT2D eigenvalue weighted by Gasteiger charge is -2.22. The number of nitrogens with zero attached hydrogens (tertiary/aromatic N) is 1. The number of amides is 1. The fourth-order valence-corrected chi connectivity index (χ4v) is 2.87. The quantitative estimate of drug-likeness (QED) is 0.815. The van der Waals surface area contributed by atoms with Crippen LogP contribution in [0.25, 0.3) is 0 Å². The van der Waals surface area contributed by atoms with Crippen molar-refractivity contribution in [2.24, 2.45) is 5.14 Å². The molecule has 0 radical (unpaired) electrons. The fraction of sp³-hybridized carbons (Fsp3) is 0.308. The summed E-state index contributed by atoms with van der Waals surface area (Å²) in [4.78, 5) is 13.7. The third kappa shape index (κ3) is 3.82. The summed E-state index contributed by atoms with van der Waals surface area (Å²) < 4.78 is 23.2. The van der Waals surface area contributed by atoms with Crippen LogP contribution in [0.4, 0.5) is 0 Å². The van der Waals surface area contributed by atoms with Crippen LogP contribution in [0.2, 0.25) is 5.02 Å². The van der Waals surface area contributed by atoms with Gasteiger partial charge in [-0.25, -0.2) is 13.6 Å². The number of halogens is 1. The fourth-order valence-electron chi connectivity index (χ4n) is 1.81. The highest BCUT2D eigenvalue weighted by Crippen LogP contribution is 2.24. The Bertz CT molecular complexity index is 614. The van der Waals surface area contributed by atoms with E-state index >= 15 is 0 Å². The van der Waals surface area contributed by atoms with E-state index in [0.717, 1.165) is 6.42 Å². The van der Waals surface area contributed by atoms with Gasteiger partial charge in [0, 0.05) is 13.1 Å². The molecular weight excluding hydrogens is 300 g/mol. The molecule has 0 aromatic heterocycles. The first kappa shape index (κ1) is 16.7. The minimum absolute atomic E-state index is 0.0618. The van der Waals surface area contributed by atoms with Crippen molar-refractivity contribution in [3.05, 3.63) is 41.4 Å². The van der Waals surface area contributed by atoms with Crippen molar-refractivity contribution in [3.63, 3.8) is 0 Å². The molecule has 1 amide bonds. The summed E-state index contributed by atoms with van der Waals surface area (Å²) in [5.74, 6) is -0.471. The van der Waals surface area contributed by atoms with Crippen LogP contribution in [-0.4, -0.2) is 32.3 Å². The van der Waals surface area contributed by atoms with Gasteiger partial charge in [0.2, 0.25) is 10.0 Å². The first-order valence-corrected chi connectivity index (χ1v) is 7.96. The monoisotopic (exact) mass is 316 g/mol. The second-order valence-corrected chi connectivity index (χ2v) is 6.13. The van der Waals surface area contributed by atoms with Gasteiger partial charge in [0.15, 0.2) is 0 Å². The van der Waals surface area contributed by atoms with Gasteiger partial charge in [-0.1, -0.05) is 30.7 Å². The van der Waals surface area contributed by atoms with E-state index in [9.17, 15) is 13.2 Å². The van der Waals surface area contributed by atoms with Gasteiger partial charge in [-0.15, -0.1) is 6.58 Å². The third-order valence-corrected chi connectivity index (χ3v) is 3.89. The van der Waals surface area contributed by atoms with E-state index in [4.69, 9.17) is 16.7 Å². The number of carbonyl (C=O) groups excluding carboxylic acids is 1. The summed E-state index contributed by atoms with van der Waals surface area (Å²) in [5.41, 5.74) is -0.0908. The molecule has 0 heterocycles. The molecule has 7 heteroatoms. The van der Waals surface area contributed by atoms with Crippen molar-refractivity contribution in [2.75, 3.05) is 13.1 Å². The van der Waals surface area contributed by atoms with Gasteiger partial charge < -0.3 is 4.90 Å². The van der Waals surface area contributed by atoms with Gasteiger partial charge in [0.1, 0.15) is 0 Å². The Morgan fingerprint density at radius 2 is 2.15 bits per heavy atom. The average Bonchev–Trinajstić information content (AvgIpc) is 2.36. The van der Waals surface area contributed by atoms with Crippen LogP contribution in [0.1, 0.15) is 23.7 Å². The molecule has 0 spiro atoms. The van der Waals surface area contributed by atoms with Crippen LogP contribution in [0.5, 0.6) is 0 Å². The predicted octanol–water partition coefficient (Wildman–Crippen LogP) is 2.03. The van der Waals surface area contributed by atoms with Crippen LogP contribution in [-0.2, 0) is 10.0 Å². The maximum Gasteiger partial charge on any atom is 0.257 e. The topological polar surface area (TPSA) is 80.5 Å². The molecule has 20 heavy (non-hydrogen) atoms. The van der Waals surface area contributed by atoms with Crippen LogP contribution in [0, 0.1) is 0 Å². The molecule has 0 fully saturated rings. The SMILES string of the molecule is C=CCN(CCC)C(=O)c1c(Cl)cccc1S(N)(=O)=O. The second kappa shape index (κ2) is 6.88. The van der Waals surface area contributed by atoms with Gasteiger partial charge >= 0.3 is 0 Å². The molecule has 1 aromatic carbocycles. The summed E-state index contributed by atoms with van der Waals surface area (Å²) in [6.45, 7) is 6.28. The summed E-state index contributed by atoms with van der Waals surface area (Å²) in [7, 11) is -4.02. The van der Waals surface area contributed by atoms with Crippen molar-refractivity contribution in [3.8, 4) is 0 Å². The summed E-state index contributed by atoms with van der Waals surface area (Å²) in [5, 5.41) is 5.20. The Hall–Kier alpha value is -1.37. The number of sulfonamides is 1. The smallest absolute Gasteiger partial charge is 0.257 e. The predicted molar refractivity (Wildman–Crippen MR) is 79.2 cm³/mol. The Morgan fingerprint density at radius 3 is 2.65 bits per heavy atom. The number of nitrogens with two attached hydrogens (primary N) is 1. The number of hydrogen-bond donors (Lipinski definition) is 1. The molecule has 0 aliphatic carbocycles. The molecule has 0 unspecified atom stereocenters. The highest BCUT2D eigenvalue weighted by atomic mass is 35.5. The number of rotatable bonds is 6. The number of primary sulfonamides is 1. The van der Waals surface area contributed by atoms with Crippen molar-refractivity contribution in [1.82, 2.24) is 4.90 Å². The van der Waals surface area contributed by atoms with Crippen LogP contribution in [0.3, 0.4) is 0 Å². The van der Waals surface area contributed by atoms with Crippen LogP contribution < -0.4 is 5.14 Å². The minimum atomic E-state index is -4.02. The summed E-state index contributed by atoms with van der Waals surface area (Å²) >= 11 is 5.98. The number of carbonyl (C=O) groups is 1. The van der Waals surface area contributed by atoms with E-state index in [2.05, 4.69) is 6.58 Å². The molecule has 1 aromatic rings. The Labute approximate surface area is 124 Å². The zero-order chi connectivity index (χ0) is 15.3. The van der Waals surface area contributed by atoms with E-state index in [1.54, 1.807) is 6.08 Å². The van der Waals surface area contributed by atoms with Crippen LogP contribution in [0.15, 0.2) is 35.7 Å². The third-order valence-electron chi connectivity index (χ3n) is 2.63. The molecule has 1 rings (SSSR count).